The van der Waals surface area contributed by atoms with Crippen molar-refractivity contribution in [2.75, 3.05) is 10.6 Å². The number of aryl methyl sites for hydroxylation is 2. The third-order valence-corrected chi connectivity index (χ3v) is 5.78. The lowest BCUT2D eigenvalue weighted by atomic mass is 10.2. The first kappa shape index (κ1) is 30.7. The number of pyridine rings is 4. The Morgan fingerprint density at radius 3 is 1.30 bits per heavy atom. The number of carbonyl (C=O) groups is 2. The normalized spacial score (nSPS) is 10.1. The van der Waals surface area contributed by atoms with Crippen LogP contribution >= 0.6 is 0 Å². The molecule has 2 amide bonds. The first-order valence-corrected chi connectivity index (χ1v) is 13.6. The molecule has 46 heavy (non-hydrogen) atoms. The molecule has 6 aromatic rings. The topological polar surface area (TPSA) is 180 Å². The van der Waals surface area contributed by atoms with Gasteiger partial charge in [-0.25, -0.2) is 19.9 Å². The number of hydrogen-bond acceptors (Lipinski definition) is 12. The molecule has 14 heteroatoms. The van der Waals surface area contributed by atoms with E-state index in [1.54, 1.807) is 36.7 Å². The standard InChI is InChI=1S/2C16H13N5O2/c2*1-11-2-3-20-15(4-11)16(22)21-12-5-13(7-17-6-12)23-14-8-18-10-19-9-14/h2*2-10H,1H3,(H,21,22). The summed E-state index contributed by atoms with van der Waals surface area (Å²) in [5.41, 5.74) is 3.62. The predicted octanol–water partition coefficient (Wildman–Crippen LogP) is 5.24. The lowest BCUT2D eigenvalue weighted by molar-refractivity contribution is 0.101. The maximum absolute atomic E-state index is 12.2. The van der Waals surface area contributed by atoms with Gasteiger partial charge in [0.2, 0.25) is 0 Å². The van der Waals surface area contributed by atoms with Crippen LogP contribution in [0.1, 0.15) is 32.1 Å². The average Bonchev–Trinajstić information content (AvgIpc) is 3.06. The summed E-state index contributed by atoms with van der Waals surface area (Å²) in [7, 11) is 0. The molecule has 6 aromatic heterocycles. The molecule has 0 aromatic carbocycles. The van der Waals surface area contributed by atoms with Crippen molar-refractivity contribution in [1.82, 2.24) is 39.9 Å². The summed E-state index contributed by atoms with van der Waals surface area (Å²) < 4.78 is 11.1. The Morgan fingerprint density at radius 1 is 0.522 bits per heavy atom. The Balaban J connectivity index is 0.000000181. The zero-order valence-corrected chi connectivity index (χ0v) is 24.6. The molecule has 6 heterocycles. The van der Waals surface area contributed by atoms with Crippen molar-refractivity contribution < 1.29 is 19.1 Å². The number of amides is 2. The zero-order chi connectivity index (χ0) is 32.1. The number of nitrogens with one attached hydrogen (secondary N) is 2. The molecule has 0 radical (unpaired) electrons. The van der Waals surface area contributed by atoms with Crippen LogP contribution in [0, 0.1) is 13.8 Å². The molecule has 0 aliphatic rings. The fourth-order valence-electron chi connectivity index (χ4n) is 3.75. The van der Waals surface area contributed by atoms with Crippen molar-refractivity contribution in [3.8, 4) is 23.0 Å². The summed E-state index contributed by atoms with van der Waals surface area (Å²) in [6.07, 6.45) is 18.3. The quantitative estimate of drug-likeness (QED) is 0.228. The molecule has 0 aliphatic carbocycles. The number of anilines is 2. The van der Waals surface area contributed by atoms with Crippen molar-refractivity contribution in [2.24, 2.45) is 0 Å². The van der Waals surface area contributed by atoms with Gasteiger partial charge in [-0.3, -0.25) is 29.5 Å². The number of rotatable bonds is 8. The fourth-order valence-corrected chi connectivity index (χ4v) is 3.75. The number of nitrogens with zero attached hydrogens (tertiary/aromatic N) is 8. The van der Waals surface area contributed by atoms with E-state index in [4.69, 9.17) is 9.47 Å². The SMILES string of the molecule is Cc1ccnc(C(=O)Nc2cncc(Oc3cncnc3)c2)c1.Cc1ccnc(C(=O)Nc2cncc(Oc3cncnc3)c2)c1. The van der Waals surface area contributed by atoms with Gasteiger partial charge in [0, 0.05) is 24.5 Å². The number of ether oxygens (including phenoxy) is 2. The van der Waals surface area contributed by atoms with E-state index in [0.717, 1.165) is 11.1 Å². The Labute approximate surface area is 263 Å². The highest BCUT2D eigenvalue weighted by atomic mass is 16.5. The van der Waals surface area contributed by atoms with Gasteiger partial charge < -0.3 is 20.1 Å². The lowest BCUT2D eigenvalue weighted by Gasteiger charge is -2.08. The van der Waals surface area contributed by atoms with Gasteiger partial charge >= 0.3 is 0 Å². The van der Waals surface area contributed by atoms with Crippen LogP contribution in [0.25, 0.3) is 0 Å². The maximum atomic E-state index is 12.2. The average molecular weight is 615 g/mol. The molecule has 0 unspecified atom stereocenters. The molecule has 228 valence electrons. The molecule has 14 nitrogen and oxygen atoms in total. The molecular formula is C32H26N10O4. The molecule has 2 N–H and O–H groups in total. The van der Waals surface area contributed by atoms with E-state index in [0.29, 0.717) is 45.8 Å². The van der Waals surface area contributed by atoms with Crippen LogP contribution < -0.4 is 20.1 Å². The van der Waals surface area contributed by atoms with Crippen molar-refractivity contribution in [1.29, 1.82) is 0 Å². The van der Waals surface area contributed by atoms with Crippen LogP contribution in [0.3, 0.4) is 0 Å². The van der Waals surface area contributed by atoms with Crippen LogP contribution in [0.15, 0.2) is 111 Å². The first-order chi connectivity index (χ1) is 22.4. The summed E-state index contributed by atoms with van der Waals surface area (Å²) in [5.74, 6) is 1.28. The molecule has 0 bridgehead atoms. The van der Waals surface area contributed by atoms with Gasteiger partial charge in [-0.15, -0.1) is 0 Å². The smallest absolute Gasteiger partial charge is 0.274 e. The van der Waals surface area contributed by atoms with E-state index >= 15 is 0 Å². The monoisotopic (exact) mass is 614 g/mol. The summed E-state index contributed by atoms with van der Waals surface area (Å²) in [5, 5.41) is 5.47. The summed E-state index contributed by atoms with van der Waals surface area (Å²) in [4.78, 5) is 56.0. The van der Waals surface area contributed by atoms with Gasteiger partial charge in [-0.2, -0.15) is 0 Å². The van der Waals surface area contributed by atoms with E-state index < -0.39 is 0 Å². The Hall–Kier alpha value is -6.70. The van der Waals surface area contributed by atoms with Crippen LogP contribution in [0.4, 0.5) is 11.4 Å². The van der Waals surface area contributed by atoms with Crippen molar-refractivity contribution in [2.45, 2.75) is 13.8 Å². The van der Waals surface area contributed by atoms with E-state index in [2.05, 4.69) is 50.5 Å². The minimum atomic E-state index is -0.310. The van der Waals surface area contributed by atoms with Gasteiger partial charge in [0.15, 0.2) is 11.5 Å². The third-order valence-electron chi connectivity index (χ3n) is 5.78. The molecule has 0 aliphatic heterocycles. The highest BCUT2D eigenvalue weighted by Crippen LogP contribution is 2.23. The zero-order valence-electron chi connectivity index (χ0n) is 24.6. The maximum Gasteiger partial charge on any atom is 0.274 e. The van der Waals surface area contributed by atoms with Crippen molar-refractivity contribution in [3.05, 3.63) is 134 Å². The van der Waals surface area contributed by atoms with Gasteiger partial charge in [0.25, 0.3) is 11.8 Å². The minimum Gasteiger partial charge on any atom is -0.452 e. The third kappa shape index (κ3) is 9.15. The number of hydrogen-bond donors (Lipinski definition) is 2. The first-order valence-electron chi connectivity index (χ1n) is 13.6. The fraction of sp³-hybridized carbons (Fsp3) is 0.0625. The molecular weight excluding hydrogens is 588 g/mol. The predicted molar refractivity (Wildman–Crippen MR) is 167 cm³/mol. The molecule has 0 fully saturated rings. The second kappa shape index (κ2) is 15.2. The number of carbonyl (C=O) groups excluding carboxylic acids is 2. The van der Waals surface area contributed by atoms with Crippen molar-refractivity contribution in [3.63, 3.8) is 0 Å². The largest absolute Gasteiger partial charge is 0.452 e. The number of aromatic nitrogens is 8. The second-order valence-corrected chi connectivity index (χ2v) is 9.52. The van der Waals surface area contributed by atoms with Crippen LogP contribution in [-0.4, -0.2) is 51.7 Å². The highest BCUT2D eigenvalue weighted by Gasteiger charge is 2.10. The Morgan fingerprint density at radius 2 is 0.913 bits per heavy atom. The minimum absolute atomic E-state index is 0.310. The summed E-state index contributed by atoms with van der Waals surface area (Å²) >= 11 is 0. The summed E-state index contributed by atoms with van der Waals surface area (Å²) in [6, 6.07) is 10.4. The van der Waals surface area contributed by atoms with E-state index in [1.807, 2.05) is 26.0 Å². The van der Waals surface area contributed by atoms with Crippen LogP contribution in [0.5, 0.6) is 23.0 Å². The van der Waals surface area contributed by atoms with Crippen LogP contribution in [0.2, 0.25) is 0 Å². The van der Waals surface area contributed by atoms with E-state index in [9.17, 15) is 9.59 Å². The summed E-state index contributed by atoms with van der Waals surface area (Å²) in [6.45, 7) is 3.80. The lowest BCUT2D eigenvalue weighted by Crippen LogP contribution is -2.13. The van der Waals surface area contributed by atoms with E-state index in [1.165, 1.54) is 62.2 Å². The molecule has 0 saturated heterocycles. The van der Waals surface area contributed by atoms with E-state index in [-0.39, 0.29) is 11.8 Å². The van der Waals surface area contributed by atoms with Gasteiger partial charge in [0.05, 0.1) is 60.9 Å². The van der Waals surface area contributed by atoms with Gasteiger partial charge in [-0.1, -0.05) is 0 Å². The van der Waals surface area contributed by atoms with Crippen LogP contribution in [-0.2, 0) is 0 Å². The molecule has 0 saturated carbocycles. The molecule has 6 rings (SSSR count). The molecule has 0 atom stereocenters. The molecule has 0 spiro atoms. The van der Waals surface area contributed by atoms with Crippen molar-refractivity contribution >= 4 is 23.2 Å². The second-order valence-electron chi connectivity index (χ2n) is 9.52. The van der Waals surface area contributed by atoms with Gasteiger partial charge in [0.1, 0.15) is 35.5 Å². The Bertz CT molecular complexity index is 1790. The van der Waals surface area contributed by atoms with Gasteiger partial charge in [-0.05, 0) is 49.2 Å². The Kier molecular flexibility index (Phi) is 10.1. The highest BCUT2D eigenvalue weighted by molar-refractivity contribution is 6.03.